The van der Waals surface area contributed by atoms with Gasteiger partial charge in [0.15, 0.2) is 5.69 Å². The molecule has 7 nitrogen and oxygen atoms in total. The summed E-state index contributed by atoms with van der Waals surface area (Å²) in [5.74, 6) is -0.452. The van der Waals surface area contributed by atoms with Gasteiger partial charge in [-0.2, -0.15) is 5.10 Å². The van der Waals surface area contributed by atoms with Gasteiger partial charge in [0.2, 0.25) is 5.78 Å². The van der Waals surface area contributed by atoms with Crippen molar-refractivity contribution in [1.29, 1.82) is 0 Å². The molecule has 1 saturated heterocycles. The van der Waals surface area contributed by atoms with E-state index in [4.69, 9.17) is 4.74 Å². The van der Waals surface area contributed by atoms with E-state index in [1.165, 1.54) is 5.56 Å². The maximum Gasteiger partial charge on any atom is 0.359 e. The zero-order chi connectivity index (χ0) is 22.7. The molecule has 32 heavy (non-hydrogen) atoms. The summed E-state index contributed by atoms with van der Waals surface area (Å²) in [4.78, 5) is 30.3. The van der Waals surface area contributed by atoms with Crippen LogP contribution in [0.4, 0.5) is 0 Å². The third-order valence-electron chi connectivity index (χ3n) is 6.19. The highest BCUT2D eigenvalue weighted by atomic mass is 16.5. The molecule has 1 aliphatic heterocycles. The number of nitrogens with zero attached hydrogens (tertiary/aromatic N) is 4. The number of allylic oxidation sites excluding steroid dienone is 1. The van der Waals surface area contributed by atoms with Crippen molar-refractivity contribution in [3.8, 4) is 0 Å². The molecule has 0 bridgehead atoms. The van der Waals surface area contributed by atoms with Crippen molar-refractivity contribution >= 4 is 11.8 Å². The summed E-state index contributed by atoms with van der Waals surface area (Å²) in [6.45, 7) is 4.85. The summed E-state index contributed by atoms with van der Waals surface area (Å²) in [6.07, 6.45) is 4.90. The minimum Gasteiger partial charge on any atom is -0.461 e. The van der Waals surface area contributed by atoms with Gasteiger partial charge in [-0.3, -0.25) is 14.4 Å². The van der Waals surface area contributed by atoms with Gasteiger partial charge >= 0.3 is 5.97 Å². The number of hydrogen-bond acceptors (Lipinski definition) is 6. The number of hydrogen-bond donors (Lipinski definition) is 0. The minimum atomic E-state index is -0.433. The van der Waals surface area contributed by atoms with Crippen molar-refractivity contribution in [2.75, 3.05) is 33.8 Å². The number of carbonyl (C=O) groups is 2. The number of aromatic nitrogens is 2. The van der Waals surface area contributed by atoms with Gasteiger partial charge in [-0.1, -0.05) is 30.3 Å². The predicted molar refractivity (Wildman–Crippen MR) is 123 cm³/mol. The van der Waals surface area contributed by atoms with Crippen LogP contribution in [0.15, 0.2) is 42.1 Å². The molecule has 1 aromatic heterocycles. The lowest BCUT2D eigenvalue weighted by Gasteiger charge is -2.33. The molecule has 0 atom stereocenters. The van der Waals surface area contributed by atoms with Crippen molar-refractivity contribution in [1.82, 2.24) is 19.6 Å². The number of esters is 1. The van der Waals surface area contributed by atoms with Gasteiger partial charge < -0.3 is 9.64 Å². The molecule has 7 heteroatoms. The number of ether oxygens (including phenoxy) is 1. The smallest absolute Gasteiger partial charge is 0.359 e. The quantitative estimate of drug-likeness (QED) is 0.510. The Morgan fingerprint density at radius 2 is 1.91 bits per heavy atom. The lowest BCUT2D eigenvalue weighted by Crippen LogP contribution is -2.35. The van der Waals surface area contributed by atoms with Gasteiger partial charge in [0.05, 0.1) is 12.6 Å². The molecule has 0 amide bonds. The monoisotopic (exact) mass is 436 g/mol. The van der Waals surface area contributed by atoms with Gasteiger partial charge in [0.1, 0.15) is 5.69 Å². The average Bonchev–Trinajstić information content (AvgIpc) is 3.17. The lowest BCUT2D eigenvalue weighted by atomic mass is 9.90. The van der Waals surface area contributed by atoms with Gasteiger partial charge in [0, 0.05) is 51.1 Å². The molecule has 1 aromatic carbocycles. The predicted octanol–water partition coefficient (Wildman–Crippen LogP) is 3.47. The fourth-order valence-electron chi connectivity index (χ4n) is 4.70. The summed E-state index contributed by atoms with van der Waals surface area (Å²) in [6, 6.07) is 10.6. The van der Waals surface area contributed by atoms with E-state index in [1.54, 1.807) is 6.92 Å². The standard InChI is InChI=1S/C25H32N4O3/c1-4-32-25(31)22-21-11-10-19(17-27(2)3)24(30)23(21)29(26-22)20-12-14-28(15-13-20)16-18-8-6-5-7-9-18/h5-9,17,20H,4,10-16H2,1-3H3. The van der Waals surface area contributed by atoms with Crippen molar-refractivity contribution in [2.24, 2.45) is 0 Å². The number of piperidine rings is 1. The third kappa shape index (κ3) is 4.63. The molecular weight excluding hydrogens is 404 g/mol. The van der Waals surface area contributed by atoms with E-state index in [0.29, 0.717) is 24.2 Å². The number of carbonyl (C=O) groups excluding carboxylic acids is 2. The summed E-state index contributed by atoms with van der Waals surface area (Å²) in [5.41, 5.74) is 3.71. The molecule has 0 radical (unpaired) electrons. The molecular formula is C25H32N4O3. The topological polar surface area (TPSA) is 67.7 Å². The van der Waals surface area contributed by atoms with Crippen molar-refractivity contribution in [2.45, 2.75) is 45.2 Å². The van der Waals surface area contributed by atoms with Crippen LogP contribution < -0.4 is 0 Å². The highest BCUT2D eigenvalue weighted by Crippen LogP contribution is 2.33. The van der Waals surface area contributed by atoms with Crippen LogP contribution in [0.5, 0.6) is 0 Å². The fourth-order valence-corrected chi connectivity index (χ4v) is 4.70. The largest absolute Gasteiger partial charge is 0.461 e. The Morgan fingerprint density at radius 1 is 1.19 bits per heavy atom. The Bertz CT molecular complexity index is 1000. The van der Waals surface area contributed by atoms with Gasteiger partial charge in [-0.05, 0) is 38.2 Å². The molecule has 0 N–H and O–H groups in total. The third-order valence-corrected chi connectivity index (χ3v) is 6.19. The second kappa shape index (κ2) is 9.69. The van der Waals surface area contributed by atoms with Crippen LogP contribution in [0, 0.1) is 0 Å². The Labute approximate surface area is 189 Å². The van der Waals surface area contributed by atoms with Crippen molar-refractivity contribution < 1.29 is 14.3 Å². The van der Waals surface area contributed by atoms with Crippen LogP contribution in [-0.2, 0) is 17.7 Å². The van der Waals surface area contributed by atoms with Gasteiger partial charge in [0.25, 0.3) is 0 Å². The molecule has 1 aliphatic carbocycles. The van der Waals surface area contributed by atoms with Crippen LogP contribution in [0.3, 0.4) is 0 Å². The molecule has 1 fully saturated rings. The first-order chi connectivity index (χ1) is 15.5. The second-order valence-corrected chi connectivity index (χ2v) is 8.78. The molecule has 0 spiro atoms. The lowest BCUT2D eigenvalue weighted by molar-refractivity contribution is 0.0516. The first-order valence-corrected chi connectivity index (χ1v) is 11.4. The Kier molecular flexibility index (Phi) is 6.74. The molecule has 4 rings (SSSR count). The number of benzene rings is 1. The van der Waals surface area contributed by atoms with E-state index < -0.39 is 5.97 Å². The SMILES string of the molecule is CCOC(=O)c1nn(C2CCN(Cc3ccccc3)CC2)c2c1CCC(=CN(C)C)C2=O. The van der Waals surface area contributed by atoms with E-state index in [2.05, 4.69) is 34.3 Å². The summed E-state index contributed by atoms with van der Waals surface area (Å²) in [5, 5.41) is 4.67. The molecule has 2 aliphatic rings. The highest BCUT2D eigenvalue weighted by molar-refractivity contribution is 6.11. The fraction of sp³-hybridized carbons (Fsp3) is 0.480. The number of likely N-dealkylation sites (tertiary alicyclic amines) is 1. The van der Waals surface area contributed by atoms with E-state index >= 15 is 0 Å². The number of Topliss-reactive ketones (excluding diaryl/α,β-unsaturated/α-hetero) is 1. The molecule has 0 saturated carbocycles. The molecule has 0 unspecified atom stereocenters. The van der Waals surface area contributed by atoms with Crippen LogP contribution in [0.25, 0.3) is 0 Å². The number of ketones is 1. The Balaban J connectivity index is 1.58. The number of fused-ring (bicyclic) bond motifs is 1. The molecule has 2 heterocycles. The van der Waals surface area contributed by atoms with Crippen LogP contribution in [0.1, 0.15) is 64.3 Å². The van der Waals surface area contributed by atoms with Crippen LogP contribution in [-0.4, -0.2) is 65.1 Å². The van der Waals surface area contributed by atoms with E-state index in [-0.39, 0.29) is 18.4 Å². The molecule has 2 aromatic rings. The maximum atomic E-state index is 13.4. The highest BCUT2D eigenvalue weighted by Gasteiger charge is 2.36. The van der Waals surface area contributed by atoms with E-state index in [1.807, 2.05) is 35.9 Å². The summed E-state index contributed by atoms with van der Waals surface area (Å²) < 4.78 is 7.09. The van der Waals surface area contributed by atoms with Crippen LogP contribution in [0.2, 0.25) is 0 Å². The van der Waals surface area contributed by atoms with Crippen molar-refractivity contribution in [3.05, 3.63) is 64.6 Å². The zero-order valence-corrected chi connectivity index (χ0v) is 19.2. The van der Waals surface area contributed by atoms with E-state index in [9.17, 15) is 9.59 Å². The van der Waals surface area contributed by atoms with Gasteiger partial charge in [-0.15, -0.1) is 0 Å². The van der Waals surface area contributed by atoms with Gasteiger partial charge in [-0.25, -0.2) is 4.79 Å². The Morgan fingerprint density at radius 3 is 2.56 bits per heavy atom. The normalized spacial score (nSPS) is 18.6. The van der Waals surface area contributed by atoms with E-state index in [0.717, 1.165) is 43.6 Å². The molecule has 170 valence electrons. The average molecular weight is 437 g/mol. The maximum absolute atomic E-state index is 13.4. The summed E-state index contributed by atoms with van der Waals surface area (Å²) >= 11 is 0. The van der Waals surface area contributed by atoms with Crippen LogP contribution >= 0.6 is 0 Å². The van der Waals surface area contributed by atoms with Crippen molar-refractivity contribution in [3.63, 3.8) is 0 Å². The zero-order valence-electron chi connectivity index (χ0n) is 19.2. The first-order valence-electron chi connectivity index (χ1n) is 11.4. The number of rotatable bonds is 6. The first kappa shape index (κ1) is 22.3. The Hall–Kier alpha value is -2.93. The minimum absolute atomic E-state index is 0.0188. The second-order valence-electron chi connectivity index (χ2n) is 8.78. The summed E-state index contributed by atoms with van der Waals surface area (Å²) in [7, 11) is 3.83.